The molecule has 0 unspecified atom stereocenters. The van der Waals surface area contributed by atoms with Crippen molar-refractivity contribution in [2.75, 3.05) is 0 Å². The molecule has 13 heteroatoms. The Morgan fingerprint density at radius 1 is 0.804 bits per heavy atom. The Morgan fingerprint density at radius 2 is 1.39 bits per heavy atom. The van der Waals surface area contributed by atoms with Gasteiger partial charge in [0.25, 0.3) is 0 Å². The van der Waals surface area contributed by atoms with Crippen molar-refractivity contribution in [3.8, 4) is 0 Å². The zero-order valence-corrected chi connectivity index (χ0v) is 33.4. The van der Waals surface area contributed by atoms with E-state index in [-0.39, 0.29) is 23.1 Å². The SMILES string of the molecule is C=C1[C@H](OC(=O)C(C)C)[C@@H](OC(=O)c2ccccc2)[C@@H](OC(=O)c2cccnc2)C(C)(C)C=C[C@@H](C)C(=O)[C@@]2(O)C[C@H](C)[C@H](OC(=O)C(C)C)[C@@H]2[C@H]1OC(C)=O. The maximum absolute atomic E-state index is 14.5. The molecule has 0 saturated heterocycles. The molecule has 13 nitrogen and oxygen atoms in total. The van der Waals surface area contributed by atoms with E-state index >= 15 is 0 Å². The third-order valence-electron chi connectivity index (χ3n) is 10.3. The van der Waals surface area contributed by atoms with E-state index in [1.165, 1.54) is 42.7 Å². The topological polar surface area (TPSA) is 182 Å². The van der Waals surface area contributed by atoms with E-state index in [2.05, 4.69) is 11.6 Å². The summed E-state index contributed by atoms with van der Waals surface area (Å²) in [6, 6.07) is 11.0. The largest absolute Gasteiger partial charge is 0.461 e. The van der Waals surface area contributed by atoms with Crippen molar-refractivity contribution in [2.45, 2.75) is 105 Å². The molecule has 0 amide bonds. The number of aromatic nitrogens is 1. The molecule has 0 aliphatic heterocycles. The molecule has 1 saturated carbocycles. The number of hydrogen-bond donors (Lipinski definition) is 1. The van der Waals surface area contributed by atoms with Gasteiger partial charge in [0, 0.05) is 36.2 Å². The van der Waals surface area contributed by atoms with Crippen molar-refractivity contribution in [2.24, 2.45) is 35.0 Å². The van der Waals surface area contributed by atoms with Crippen molar-refractivity contribution < 1.29 is 57.6 Å². The predicted molar refractivity (Wildman–Crippen MR) is 203 cm³/mol. The van der Waals surface area contributed by atoms with Gasteiger partial charge in [-0.2, -0.15) is 0 Å². The number of fused-ring (bicyclic) bond motifs is 1. The summed E-state index contributed by atoms with van der Waals surface area (Å²) in [6.07, 6.45) is -2.14. The summed E-state index contributed by atoms with van der Waals surface area (Å²) in [6.45, 7) is 18.3. The average molecular weight is 776 g/mol. The first-order chi connectivity index (χ1) is 26.2. The molecular formula is C43H53NO12. The Labute approximate surface area is 327 Å². The zero-order valence-electron chi connectivity index (χ0n) is 33.4. The molecule has 0 radical (unpaired) electrons. The highest BCUT2D eigenvalue weighted by atomic mass is 16.6. The number of ketones is 1. The molecule has 0 bridgehead atoms. The molecule has 1 heterocycles. The van der Waals surface area contributed by atoms with Gasteiger partial charge in [-0.1, -0.05) is 92.3 Å². The zero-order chi connectivity index (χ0) is 41.7. The first-order valence-electron chi connectivity index (χ1n) is 18.8. The number of pyridine rings is 1. The summed E-state index contributed by atoms with van der Waals surface area (Å²) in [5.41, 5.74) is -3.65. The predicted octanol–water partition coefficient (Wildman–Crippen LogP) is 5.64. The van der Waals surface area contributed by atoms with Gasteiger partial charge >= 0.3 is 29.8 Å². The van der Waals surface area contributed by atoms with E-state index in [9.17, 15) is 33.9 Å². The van der Waals surface area contributed by atoms with E-state index in [1.54, 1.807) is 79.7 Å². The Kier molecular flexibility index (Phi) is 13.8. The number of allylic oxidation sites excluding steroid dienone is 1. The molecule has 2 aliphatic rings. The number of carbonyl (C=O) groups excluding carboxylic acids is 6. The van der Waals surface area contributed by atoms with Crippen molar-refractivity contribution >= 4 is 35.6 Å². The van der Waals surface area contributed by atoms with Gasteiger partial charge in [0.2, 0.25) is 0 Å². The van der Waals surface area contributed by atoms with Crippen molar-refractivity contribution in [1.82, 2.24) is 4.98 Å². The number of aliphatic hydroxyl groups is 1. The van der Waals surface area contributed by atoms with Crippen LogP contribution < -0.4 is 0 Å². The Morgan fingerprint density at radius 3 is 1.96 bits per heavy atom. The number of rotatable bonds is 9. The molecule has 4 rings (SSSR count). The Hall–Kier alpha value is -5.17. The summed E-state index contributed by atoms with van der Waals surface area (Å²) in [5, 5.41) is 12.6. The lowest BCUT2D eigenvalue weighted by Crippen LogP contribution is -2.58. The van der Waals surface area contributed by atoms with Gasteiger partial charge < -0.3 is 28.8 Å². The average Bonchev–Trinajstić information content (AvgIpc) is 3.41. The second kappa shape index (κ2) is 17.7. The molecule has 1 N–H and O–H groups in total. The van der Waals surface area contributed by atoms with Crippen LogP contribution in [-0.2, 0) is 42.9 Å². The number of benzene rings is 1. The highest BCUT2D eigenvalue weighted by Crippen LogP contribution is 2.49. The second-order valence-electron chi connectivity index (χ2n) is 15.9. The maximum Gasteiger partial charge on any atom is 0.340 e. The fourth-order valence-electron chi connectivity index (χ4n) is 7.18. The van der Waals surface area contributed by atoms with Crippen molar-refractivity contribution in [1.29, 1.82) is 0 Å². The van der Waals surface area contributed by atoms with Gasteiger partial charge in [-0.05, 0) is 36.6 Å². The fourth-order valence-corrected chi connectivity index (χ4v) is 7.18. The summed E-state index contributed by atoms with van der Waals surface area (Å²) >= 11 is 0. The van der Waals surface area contributed by atoms with Crippen molar-refractivity contribution in [3.63, 3.8) is 0 Å². The number of ether oxygens (including phenoxy) is 5. The summed E-state index contributed by atoms with van der Waals surface area (Å²) in [4.78, 5) is 86.4. The van der Waals surface area contributed by atoms with Crippen LogP contribution in [0, 0.1) is 35.0 Å². The van der Waals surface area contributed by atoms with E-state index in [1.807, 2.05) is 0 Å². The van der Waals surface area contributed by atoms with Gasteiger partial charge in [0.1, 0.15) is 17.8 Å². The van der Waals surface area contributed by atoms with Crippen LogP contribution >= 0.6 is 0 Å². The smallest absolute Gasteiger partial charge is 0.340 e. The summed E-state index contributed by atoms with van der Waals surface area (Å²) < 4.78 is 30.5. The number of hydrogen-bond acceptors (Lipinski definition) is 13. The fraction of sp³-hybridized carbons (Fsp3) is 0.512. The first kappa shape index (κ1) is 43.6. The highest BCUT2D eigenvalue weighted by Gasteiger charge is 2.63. The maximum atomic E-state index is 14.5. The molecule has 0 spiro atoms. The molecule has 1 fully saturated rings. The summed E-state index contributed by atoms with van der Waals surface area (Å²) in [5.74, 6) is -9.17. The number of Topliss-reactive ketones (excluding diaryl/α,β-unsaturated/α-hetero) is 1. The minimum atomic E-state index is -2.27. The van der Waals surface area contributed by atoms with Crippen LogP contribution in [0.3, 0.4) is 0 Å². The third-order valence-corrected chi connectivity index (χ3v) is 10.3. The first-order valence-corrected chi connectivity index (χ1v) is 18.8. The molecule has 1 aromatic heterocycles. The third kappa shape index (κ3) is 9.61. The lowest BCUT2D eigenvalue weighted by atomic mass is 9.72. The molecular weight excluding hydrogens is 722 g/mol. The molecule has 1 aromatic carbocycles. The monoisotopic (exact) mass is 775 g/mol. The van der Waals surface area contributed by atoms with Gasteiger partial charge in [-0.3, -0.25) is 24.2 Å². The molecule has 302 valence electrons. The van der Waals surface area contributed by atoms with E-state index in [0.717, 1.165) is 6.92 Å². The van der Waals surface area contributed by atoms with Crippen LogP contribution in [0.25, 0.3) is 0 Å². The van der Waals surface area contributed by atoms with Crippen LogP contribution in [0.1, 0.15) is 89.5 Å². The number of nitrogens with zero attached hydrogens (tertiary/aromatic N) is 1. The van der Waals surface area contributed by atoms with Crippen LogP contribution in [0.5, 0.6) is 0 Å². The number of carbonyl (C=O) groups is 6. The lowest BCUT2D eigenvalue weighted by Gasteiger charge is -2.44. The van der Waals surface area contributed by atoms with Gasteiger partial charge in [-0.15, -0.1) is 0 Å². The van der Waals surface area contributed by atoms with Crippen LogP contribution in [0.15, 0.2) is 79.2 Å². The van der Waals surface area contributed by atoms with E-state index < -0.39 is 107 Å². The molecule has 9 atom stereocenters. The number of esters is 5. The second-order valence-corrected chi connectivity index (χ2v) is 15.9. The normalized spacial score (nSPS) is 29.0. The Balaban J connectivity index is 2.08. The minimum absolute atomic E-state index is 0.0576. The standard InChI is InChI=1S/C43H53NO12/c1-23(2)38(47)53-32-26(6)21-43(51)31(32)33(52-28(8)45)27(7)34(54-39(48)24(3)4)35(55-40(49)29-15-12-11-13-16-29)37(42(9,10)19-18-25(5)36(43)46)56-41(50)30-17-14-20-44-22-30/h11-20,22-26,31-35,37,51H,7,21H2,1-6,8-10H3/t25-,26+,31-,32+,33+,34+,35-,37-,43-/m1/s1. The molecule has 2 aromatic rings. The van der Waals surface area contributed by atoms with Gasteiger partial charge in [0.15, 0.2) is 24.1 Å². The van der Waals surface area contributed by atoms with Gasteiger partial charge in [-0.25, -0.2) is 9.59 Å². The van der Waals surface area contributed by atoms with Crippen molar-refractivity contribution in [3.05, 3.63) is 90.3 Å². The highest BCUT2D eigenvalue weighted by molar-refractivity contribution is 5.92. The summed E-state index contributed by atoms with van der Waals surface area (Å²) in [7, 11) is 0. The Bertz CT molecular complexity index is 1820. The minimum Gasteiger partial charge on any atom is -0.461 e. The van der Waals surface area contributed by atoms with E-state index in [0.29, 0.717) is 0 Å². The van der Waals surface area contributed by atoms with Gasteiger partial charge in [0.05, 0.1) is 28.9 Å². The lowest BCUT2D eigenvalue weighted by molar-refractivity contribution is -0.178. The van der Waals surface area contributed by atoms with E-state index in [4.69, 9.17) is 23.7 Å². The van der Waals surface area contributed by atoms with Crippen LogP contribution in [0.4, 0.5) is 0 Å². The quantitative estimate of drug-likeness (QED) is 0.188. The van der Waals surface area contributed by atoms with Crippen LogP contribution in [0.2, 0.25) is 0 Å². The van der Waals surface area contributed by atoms with Crippen LogP contribution in [-0.4, -0.2) is 81.8 Å². The molecule has 56 heavy (non-hydrogen) atoms. The molecule has 2 aliphatic carbocycles.